The minimum atomic E-state index is -4.44. The Labute approximate surface area is 159 Å². The fourth-order valence-electron chi connectivity index (χ4n) is 2.38. The normalized spacial score (nSPS) is 11.4. The Morgan fingerprint density at radius 3 is 2.39 bits per heavy atom. The molecule has 0 unspecified atom stereocenters. The third-order valence-electron chi connectivity index (χ3n) is 3.70. The van der Waals surface area contributed by atoms with Gasteiger partial charge < -0.3 is 4.74 Å². The molecule has 0 radical (unpaired) electrons. The van der Waals surface area contributed by atoms with Gasteiger partial charge in [-0.15, -0.1) is 0 Å². The number of ether oxygens (including phenoxy) is 1. The van der Waals surface area contributed by atoms with E-state index in [1.807, 2.05) is 6.07 Å². The van der Waals surface area contributed by atoms with E-state index in [1.54, 1.807) is 48.5 Å². The van der Waals surface area contributed by atoms with Crippen molar-refractivity contribution in [3.05, 3.63) is 95.6 Å². The molecule has 0 saturated heterocycles. The highest BCUT2D eigenvalue weighted by molar-refractivity contribution is 5.97. The van der Waals surface area contributed by atoms with Crippen molar-refractivity contribution in [1.29, 1.82) is 0 Å². The molecule has 0 atom stereocenters. The first-order valence-corrected chi connectivity index (χ1v) is 8.26. The quantitative estimate of drug-likeness (QED) is 0.482. The van der Waals surface area contributed by atoms with Crippen LogP contribution < -0.4 is 10.2 Å². The van der Waals surface area contributed by atoms with Gasteiger partial charge in [0.25, 0.3) is 5.91 Å². The highest BCUT2D eigenvalue weighted by atomic mass is 19.4. The molecule has 0 spiro atoms. The van der Waals surface area contributed by atoms with E-state index in [9.17, 15) is 18.0 Å². The number of carbonyl (C=O) groups is 1. The lowest BCUT2D eigenvalue weighted by atomic mass is 10.1. The molecule has 0 saturated carbocycles. The summed E-state index contributed by atoms with van der Waals surface area (Å²) in [6, 6.07) is 20.2. The number of nitrogens with zero attached hydrogens (tertiary/aromatic N) is 1. The Morgan fingerprint density at radius 1 is 0.929 bits per heavy atom. The summed E-state index contributed by atoms with van der Waals surface area (Å²) in [4.78, 5) is 12.4. The summed E-state index contributed by atoms with van der Waals surface area (Å²) in [5.41, 5.74) is 1.97. The van der Waals surface area contributed by atoms with Gasteiger partial charge in [-0.3, -0.25) is 4.79 Å². The number of alkyl halides is 3. The Morgan fingerprint density at radius 2 is 1.64 bits per heavy atom. The molecule has 1 amide bonds. The van der Waals surface area contributed by atoms with Crippen LogP contribution in [-0.4, -0.2) is 12.1 Å². The van der Waals surface area contributed by atoms with Crippen LogP contribution in [0.4, 0.5) is 13.2 Å². The SMILES string of the molecule is O=C(N/N=C/c1cccc(C(F)(F)F)c1)c1ccccc1Oc1ccccc1. The van der Waals surface area contributed by atoms with Crippen LogP contribution in [0.3, 0.4) is 0 Å². The molecule has 3 rings (SSSR count). The average Bonchev–Trinajstić information content (AvgIpc) is 2.69. The summed E-state index contributed by atoms with van der Waals surface area (Å²) >= 11 is 0. The summed E-state index contributed by atoms with van der Waals surface area (Å²) in [7, 11) is 0. The molecule has 0 bridgehead atoms. The maximum atomic E-state index is 12.7. The fourth-order valence-corrected chi connectivity index (χ4v) is 2.38. The van der Waals surface area contributed by atoms with Crippen LogP contribution in [0.25, 0.3) is 0 Å². The number of hydrogen-bond donors (Lipinski definition) is 1. The van der Waals surface area contributed by atoms with Gasteiger partial charge in [0, 0.05) is 0 Å². The van der Waals surface area contributed by atoms with E-state index in [1.165, 1.54) is 12.1 Å². The highest BCUT2D eigenvalue weighted by Crippen LogP contribution is 2.29. The largest absolute Gasteiger partial charge is 0.457 e. The first-order chi connectivity index (χ1) is 13.4. The number of amides is 1. The van der Waals surface area contributed by atoms with Gasteiger partial charge in [0.1, 0.15) is 11.5 Å². The number of carbonyl (C=O) groups excluding carboxylic acids is 1. The van der Waals surface area contributed by atoms with Crippen LogP contribution in [0.15, 0.2) is 84.0 Å². The summed E-state index contributed by atoms with van der Waals surface area (Å²) in [5, 5.41) is 3.74. The Balaban J connectivity index is 1.71. The van der Waals surface area contributed by atoms with E-state index in [-0.39, 0.29) is 11.1 Å². The van der Waals surface area contributed by atoms with Crippen molar-refractivity contribution in [2.75, 3.05) is 0 Å². The number of halogens is 3. The molecule has 0 aliphatic heterocycles. The second-order valence-corrected chi connectivity index (χ2v) is 5.73. The van der Waals surface area contributed by atoms with E-state index >= 15 is 0 Å². The smallest absolute Gasteiger partial charge is 0.416 e. The maximum Gasteiger partial charge on any atom is 0.416 e. The lowest BCUT2D eigenvalue weighted by Gasteiger charge is -2.10. The van der Waals surface area contributed by atoms with Crippen molar-refractivity contribution in [2.45, 2.75) is 6.18 Å². The van der Waals surface area contributed by atoms with Crippen molar-refractivity contribution >= 4 is 12.1 Å². The first kappa shape index (κ1) is 19.2. The molecule has 28 heavy (non-hydrogen) atoms. The van der Waals surface area contributed by atoms with Crippen LogP contribution in [-0.2, 0) is 6.18 Å². The summed E-state index contributed by atoms with van der Waals surface area (Å²) in [6.45, 7) is 0. The van der Waals surface area contributed by atoms with Gasteiger partial charge in [-0.1, -0.05) is 42.5 Å². The summed E-state index contributed by atoms with van der Waals surface area (Å²) in [5.74, 6) is 0.352. The van der Waals surface area contributed by atoms with Crippen molar-refractivity contribution in [1.82, 2.24) is 5.43 Å². The molecule has 4 nitrogen and oxygen atoms in total. The van der Waals surface area contributed by atoms with Crippen molar-refractivity contribution < 1.29 is 22.7 Å². The van der Waals surface area contributed by atoms with Gasteiger partial charge in [-0.2, -0.15) is 18.3 Å². The van der Waals surface area contributed by atoms with Gasteiger partial charge in [-0.25, -0.2) is 5.43 Å². The van der Waals surface area contributed by atoms with Gasteiger partial charge in [0.2, 0.25) is 0 Å². The van der Waals surface area contributed by atoms with Gasteiger partial charge in [0.05, 0.1) is 17.3 Å². The number of para-hydroxylation sites is 2. The van der Waals surface area contributed by atoms with Crippen LogP contribution in [0.2, 0.25) is 0 Å². The second kappa shape index (κ2) is 8.39. The molecule has 0 aliphatic rings. The molecule has 0 fully saturated rings. The number of hydrogen-bond acceptors (Lipinski definition) is 3. The highest BCUT2D eigenvalue weighted by Gasteiger charge is 2.30. The fraction of sp³-hybridized carbons (Fsp3) is 0.0476. The standard InChI is InChI=1S/C21H15F3N2O2/c22-21(23,24)16-8-6-7-15(13-16)14-25-26-20(27)18-11-4-5-12-19(18)28-17-9-2-1-3-10-17/h1-14H,(H,26,27)/b25-14+. The zero-order valence-corrected chi connectivity index (χ0v) is 14.5. The monoisotopic (exact) mass is 384 g/mol. The van der Waals surface area contributed by atoms with Gasteiger partial charge >= 0.3 is 6.18 Å². The summed E-state index contributed by atoms with van der Waals surface area (Å²) in [6.07, 6.45) is -3.30. The lowest BCUT2D eigenvalue weighted by Crippen LogP contribution is -2.18. The zero-order chi connectivity index (χ0) is 20.0. The second-order valence-electron chi connectivity index (χ2n) is 5.73. The van der Waals surface area contributed by atoms with Crippen molar-refractivity contribution in [3.63, 3.8) is 0 Å². The van der Waals surface area contributed by atoms with Gasteiger partial charge in [0.15, 0.2) is 0 Å². The van der Waals surface area contributed by atoms with Crippen LogP contribution in [0.1, 0.15) is 21.5 Å². The van der Waals surface area contributed by atoms with Crippen LogP contribution in [0.5, 0.6) is 11.5 Å². The van der Waals surface area contributed by atoms with Crippen molar-refractivity contribution in [3.8, 4) is 11.5 Å². The van der Waals surface area contributed by atoms with E-state index in [0.29, 0.717) is 11.5 Å². The Bertz CT molecular complexity index is 986. The third kappa shape index (κ3) is 4.97. The average molecular weight is 384 g/mol. The zero-order valence-electron chi connectivity index (χ0n) is 14.5. The number of rotatable bonds is 5. The Kier molecular flexibility index (Phi) is 5.74. The molecule has 142 valence electrons. The van der Waals surface area contributed by atoms with Crippen molar-refractivity contribution in [2.24, 2.45) is 5.10 Å². The maximum absolute atomic E-state index is 12.7. The van der Waals surface area contributed by atoms with E-state index in [4.69, 9.17) is 4.74 Å². The molecule has 0 heterocycles. The number of nitrogens with one attached hydrogen (secondary N) is 1. The van der Waals surface area contributed by atoms with Crippen LogP contribution >= 0.6 is 0 Å². The minimum absolute atomic E-state index is 0.212. The van der Waals surface area contributed by atoms with Crippen LogP contribution in [0, 0.1) is 0 Å². The van der Waals surface area contributed by atoms with E-state index in [2.05, 4.69) is 10.5 Å². The molecule has 0 aromatic heterocycles. The molecule has 0 aliphatic carbocycles. The molecular weight excluding hydrogens is 369 g/mol. The number of hydrazone groups is 1. The Hall–Kier alpha value is -3.61. The predicted octanol–water partition coefficient (Wildman–Crippen LogP) is 5.26. The molecule has 7 heteroatoms. The van der Waals surface area contributed by atoms with Gasteiger partial charge in [-0.05, 0) is 42.0 Å². The topological polar surface area (TPSA) is 50.7 Å². The number of benzene rings is 3. The molecule has 3 aromatic carbocycles. The molecular formula is C21H15F3N2O2. The minimum Gasteiger partial charge on any atom is -0.457 e. The third-order valence-corrected chi connectivity index (χ3v) is 3.70. The van der Waals surface area contributed by atoms with E-state index < -0.39 is 17.6 Å². The molecule has 3 aromatic rings. The first-order valence-electron chi connectivity index (χ1n) is 8.26. The lowest BCUT2D eigenvalue weighted by molar-refractivity contribution is -0.137. The predicted molar refractivity (Wildman–Crippen MR) is 99.5 cm³/mol. The molecule has 1 N–H and O–H groups in total. The van der Waals surface area contributed by atoms with E-state index in [0.717, 1.165) is 18.3 Å². The summed E-state index contributed by atoms with van der Waals surface area (Å²) < 4.78 is 43.9.